The minimum atomic E-state index is -0.465. The van der Waals surface area contributed by atoms with Crippen molar-refractivity contribution in [1.82, 2.24) is 0 Å². The summed E-state index contributed by atoms with van der Waals surface area (Å²) in [6, 6.07) is 132. The first-order valence-electron chi connectivity index (χ1n) is 36.5. The van der Waals surface area contributed by atoms with Crippen LogP contribution >= 0.6 is 0 Å². The summed E-state index contributed by atoms with van der Waals surface area (Å²) in [4.78, 5) is 15.3. The van der Waals surface area contributed by atoms with Gasteiger partial charge in [-0.2, -0.15) is 0 Å². The Bertz CT molecular complexity index is 5520. The largest absolute Gasteiger partial charge is 0.311 e. The van der Waals surface area contributed by atoms with Crippen LogP contribution in [0.15, 0.2) is 352 Å². The van der Waals surface area contributed by atoms with Crippen LogP contribution in [0.2, 0.25) is 0 Å². The van der Waals surface area contributed by atoms with Gasteiger partial charge in [0, 0.05) is 113 Å². The minimum absolute atomic E-state index is 0.178. The van der Waals surface area contributed by atoms with Crippen molar-refractivity contribution in [2.45, 2.75) is 38.5 Å². The molecule has 0 fully saturated rings. The van der Waals surface area contributed by atoms with Crippen LogP contribution in [0.4, 0.5) is 102 Å². The molecular weight excluding hydrogens is 1260 g/mol. The van der Waals surface area contributed by atoms with Gasteiger partial charge in [-0.05, 0) is 229 Å². The summed E-state index contributed by atoms with van der Waals surface area (Å²) in [6.07, 6.45) is 0. The van der Waals surface area contributed by atoms with Crippen molar-refractivity contribution in [2.24, 2.45) is 0 Å². The maximum absolute atomic E-state index is 2.69. The highest BCUT2D eigenvalue weighted by Crippen LogP contribution is 2.61. The standard InChI is InChI=1S/C96H70B2N6/c1-95(2)77-57-71(99(63-33-13-5-14-34-63)64-35-15-6-16-36-64)53-55-73(77)75-59-87-91-93(89(75)95)103(69-45-25-11-26-46-69)83-51-31-29-49-79(83)97(91)81-61-82-86(62-85(81)101(87)67-41-21-9-22-42-67)102(68-43-23-10-24-44-68)88-60-76-74-56-54-72(100(65-37-17-7-18-38-65)66-39-19-8-20-40-66)58-78(74)96(3,4)90(76)94-92(88)98(82)80-50-30-32-52-84(80)104(94)70-47-27-12-28-48-70/h5-62H,1-4H3. The molecule has 4 aliphatic heterocycles. The maximum Gasteiger partial charge on any atom is 0.252 e. The highest BCUT2D eigenvalue weighted by atomic mass is 15.2. The fourth-order valence-electron chi connectivity index (χ4n) is 18.9. The number of hydrogen-bond acceptors (Lipinski definition) is 6. The van der Waals surface area contributed by atoms with Crippen LogP contribution < -0.4 is 62.2 Å². The van der Waals surface area contributed by atoms with E-state index in [2.05, 4.69) is 409 Å². The molecule has 0 N–H and O–H groups in total. The molecule has 0 aromatic heterocycles. The molecule has 6 aliphatic rings. The molecule has 15 aromatic carbocycles. The first-order valence-corrected chi connectivity index (χ1v) is 36.5. The van der Waals surface area contributed by atoms with Crippen LogP contribution in [0.3, 0.4) is 0 Å². The Hall–Kier alpha value is -12.8. The third-order valence-corrected chi connectivity index (χ3v) is 23.2. The highest BCUT2D eigenvalue weighted by molar-refractivity contribution is 7.03. The third kappa shape index (κ3) is 8.66. The second-order valence-electron chi connectivity index (χ2n) is 29.5. The summed E-state index contributed by atoms with van der Waals surface area (Å²) in [7, 11) is 0. The van der Waals surface area contributed by atoms with Crippen molar-refractivity contribution in [3.63, 3.8) is 0 Å². The van der Waals surface area contributed by atoms with E-state index in [0.29, 0.717) is 0 Å². The molecule has 2 aliphatic carbocycles. The molecule has 490 valence electrons. The molecule has 0 saturated heterocycles. The van der Waals surface area contributed by atoms with Crippen LogP contribution in [0.1, 0.15) is 49.9 Å². The van der Waals surface area contributed by atoms with E-state index in [1.54, 1.807) is 0 Å². The van der Waals surface area contributed by atoms with Crippen molar-refractivity contribution >= 4 is 149 Å². The number of benzene rings is 15. The van der Waals surface area contributed by atoms with Crippen LogP contribution in [-0.2, 0) is 10.8 Å². The topological polar surface area (TPSA) is 19.4 Å². The van der Waals surface area contributed by atoms with E-state index in [1.807, 2.05) is 0 Å². The molecule has 8 heteroatoms. The molecule has 0 radical (unpaired) electrons. The highest BCUT2D eigenvalue weighted by Gasteiger charge is 2.54. The molecule has 0 unspecified atom stereocenters. The van der Waals surface area contributed by atoms with Gasteiger partial charge in [0.15, 0.2) is 0 Å². The number of para-hydroxylation sites is 10. The fraction of sp³-hybridized carbons (Fsp3) is 0.0625. The number of fused-ring (bicyclic) bond motifs is 16. The summed E-state index contributed by atoms with van der Waals surface area (Å²) in [5, 5.41) is 0. The van der Waals surface area contributed by atoms with Crippen LogP contribution in [-0.4, -0.2) is 13.4 Å². The van der Waals surface area contributed by atoms with E-state index in [9.17, 15) is 0 Å². The summed E-state index contributed by atoms with van der Waals surface area (Å²) in [6.45, 7) is 9.56. The van der Waals surface area contributed by atoms with Gasteiger partial charge in [0.1, 0.15) is 0 Å². The quantitative estimate of drug-likeness (QED) is 0.126. The lowest BCUT2D eigenvalue weighted by Gasteiger charge is -2.48. The number of nitrogens with zero attached hydrogens (tertiary/aromatic N) is 6. The summed E-state index contributed by atoms with van der Waals surface area (Å²) in [5.74, 6) is 0. The van der Waals surface area contributed by atoms with Crippen LogP contribution in [0.5, 0.6) is 0 Å². The van der Waals surface area contributed by atoms with E-state index in [4.69, 9.17) is 0 Å². The molecule has 6 nitrogen and oxygen atoms in total. The number of anilines is 18. The minimum Gasteiger partial charge on any atom is -0.311 e. The van der Waals surface area contributed by atoms with Crippen LogP contribution in [0, 0.1) is 0 Å². The number of rotatable bonds is 10. The van der Waals surface area contributed by atoms with Gasteiger partial charge in [0.05, 0.1) is 0 Å². The van der Waals surface area contributed by atoms with E-state index in [1.165, 1.54) is 111 Å². The van der Waals surface area contributed by atoms with E-state index < -0.39 is 10.8 Å². The maximum atomic E-state index is 2.69. The van der Waals surface area contributed by atoms with Crippen molar-refractivity contribution in [3.05, 3.63) is 374 Å². The fourth-order valence-corrected chi connectivity index (χ4v) is 18.9. The molecule has 0 spiro atoms. The predicted molar refractivity (Wildman–Crippen MR) is 439 cm³/mol. The molecular formula is C96H70B2N6. The van der Waals surface area contributed by atoms with Gasteiger partial charge in [0.25, 0.3) is 13.4 Å². The second kappa shape index (κ2) is 22.9. The van der Waals surface area contributed by atoms with Crippen molar-refractivity contribution < 1.29 is 0 Å². The lowest BCUT2D eigenvalue weighted by molar-refractivity contribution is 0.661. The molecule has 0 atom stereocenters. The van der Waals surface area contributed by atoms with Gasteiger partial charge in [-0.15, -0.1) is 0 Å². The normalized spacial score (nSPS) is 14.4. The molecule has 21 rings (SSSR count). The first kappa shape index (κ1) is 60.0. The molecule has 4 heterocycles. The van der Waals surface area contributed by atoms with Gasteiger partial charge in [-0.1, -0.05) is 228 Å². The Morgan fingerprint density at radius 1 is 0.231 bits per heavy atom. The van der Waals surface area contributed by atoms with Gasteiger partial charge >= 0.3 is 0 Å². The monoisotopic (exact) mass is 1330 g/mol. The Morgan fingerprint density at radius 3 is 0.865 bits per heavy atom. The Balaban J connectivity index is 0.846. The Labute approximate surface area is 609 Å². The van der Waals surface area contributed by atoms with Crippen molar-refractivity contribution in [1.29, 1.82) is 0 Å². The van der Waals surface area contributed by atoms with E-state index in [-0.39, 0.29) is 13.4 Å². The average Bonchev–Trinajstić information content (AvgIpc) is 1.20. The smallest absolute Gasteiger partial charge is 0.252 e. The lowest BCUT2D eigenvalue weighted by Crippen LogP contribution is -2.65. The SMILES string of the molecule is CC1(C)c2cc(N(c3ccccc3)c3ccccc3)ccc2-c2cc3c4c(c21)N(c1ccccc1)c1ccccc1B4c1cc2c(cc1N3c1ccccc1)N(c1ccccc1)c1cc3c(c4c1B2c1ccccc1N4c1ccccc1)C(C)(C)c1cc(N(c2ccccc2)c2ccccc2)ccc1-3. The lowest BCUT2D eigenvalue weighted by atomic mass is 9.30. The average molecular weight is 1330 g/mol. The summed E-state index contributed by atoms with van der Waals surface area (Å²) < 4.78 is 0. The Kier molecular flexibility index (Phi) is 13.2. The molecule has 15 aromatic rings. The van der Waals surface area contributed by atoms with Gasteiger partial charge in [-0.25, -0.2) is 0 Å². The van der Waals surface area contributed by atoms with E-state index >= 15 is 0 Å². The summed E-state index contributed by atoms with van der Waals surface area (Å²) in [5.41, 5.74) is 37.8. The molecule has 0 amide bonds. The molecule has 0 bridgehead atoms. The third-order valence-electron chi connectivity index (χ3n) is 23.2. The number of hydrogen-bond donors (Lipinski definition) is 0. The molecule has 104 heavy (non-hydrogen) atoms. The van der Waals surface area contributed by atoms with Crippen molar-refractivity contribution in [3.8, 4) is 22.3 Å². The van der Waals surface area contributed by atoms with Crippen molar-refractivity contribution in [2.75, 3.05) is 29.4 Å². The van der Waals surface area contributed by atoms with Gasteiger partial charge in [-0.3, -0.25) is 0 Å². The second-order valence-corrected chi connectivity index (χ2v) is 29.5. The van der Waals surface area contributed by atoms with Crippen LogP contribution in [0.25, 0.3) is 22.3 Å². The van der Waals surface area contributed by atoms with E-state index in [0.717, 1.165) is 68.2 Å². The van der Waals surface area contributed by atoms with Gasteiger partial charge < -0.3 is 29.4 Å². The zero-order valence-electron chi connectivity index (χ0n) is 58.3. The zero-order chi connectivity index (χ0) is 69.1. The summed E-state index contributed by atoms with van der Waals surface area (Å²) >= 11 is 0. The van der Waals surface area contributed by atoms with Gasteiger partial charge in [0.2, 0.25) is 0 Å². The first-order chi connectivity index (χ1) is 51.2. The Morgan fingerprint density at radius 2 is 0.529 bits per heavy atom. The molecule has 0 saturated carbocycles. The predicted octanol–water partition coefficient (Wildman–Crippen LogP) is 21.4. The zero-order valence-corrected chi connectivity index (χ0v) is 58.3.